The highest BCUT2D eigenvalue weighted by molar-refractivity contribution is 7.89. The lowest BCUT2D eigenvalue weighted by Gasteiger charge is -2.09. The van der Waals surface area contributed by atoms with Crippen molar-refractivity contribution in [1.82, 2.24) is 9.71 Å². The first-order chi connectivity index (χ1) is 9.85. The van der Waals surface area contributed by atoms with E-state index in [0.717, 1.165) is 7.11 Å². The first kappa shape index (κ1) is 15.3. The fraction of sp³-hybridized carbons (Fsp3) is 0.250. The summed E-state index contributed by atoms with van der Waals surface area (Å²) in [6, 6.07) is 4.77. The Morgan fingerprint density at radius 2 is 2.24 bits per heavy atom. The van der Waals surface area contributed by atoms with Crippen LogP contribution in [0.2, 0.25) is 0 Å². The number of carbonyl (C=O) groups excluding carboxylic acids is 1. The Bertz CT molecular complexity index is 768. The van der Waals surface area contributed by atoms with Crippen LogP contribution in [0.5, 0.6) is 0 Å². The van der Waals surface area contributed by atoms with E-state index in [1.165, 1.54) is 6.20 Å². The van der Waals surface area contributed by atoms with Crippen molar-refractivity contribution in [2.75, 3.05) is 19.4 Å². The number of esters is 1. The van der Waals surface area contributed by atoms with Gasteiger partial charge in [-0.25, -0.2) is 17.9 Å². The van der Waals surface area contributed by atoms with Crippen LogP contribution in [-0.4, -0.2) is 44.2 Å². The monoisotopic (exact) mass is 313 g/mol. The molecule has 1 aromatic heterocycles. The van der Waals surface area contributed by atoms with Gasteiger partial charge in [0.05, 0.1) is 7.11 Å². The fourth-order valence-corrected chi connectivity index (χ4v) is 3.04. The Morgan fingerprint density at radius 3 is 2.90 bits per heavy atom. The first-order valence-electron chi connectivity index (χ1n) is 5.97. The van der Waals surface area contributed by atoms with Crippen LogP contribution in [-0.2, 0) is 19.6 Å². The molecule has 0 aliphatic heterocycles. The molecule has 1 aromatic carbocycles. The summed E-state index contributed by atoms with van der Waals surface area (Å²) in [5.41, 5.74) is 6.69. The van der Waals surface area contributed by atoms with Gasteiger partial charge in [-0.2, -0.15) is 0 Å². The summed E-state index contributed by atoms with van der Waals surface area (Å²) in [4.78, 5) is 13.9. The minimum atomic E-state index is -3.88. The minimum Gasteiger partial charge on any atom is -0.467 e. The quantitative estimate of drug-likeness (QED) is 0.437. The number of aromatic nitrogens is 1. The van der Waals surface area contributed by atoms with Crippen LogP contribution in [0.4, 0.5) is 5.69 Å². The SMILES string of the molecule is COC(=O)C(O)CNS(=O)(=O)c1c[nH]c2cc(N)ccc12. The van der Waals surface area contributed by atoms with Gasteiger partial charge in [-0.05, 0) is 18.2 Å². The number of aromatic amines is 1. The zero-order valence-corrected chi connectivity index (χ0v) is 12.0. The maximum absolute atomic E-state index is 12.2. The summed E-state index contributed by atoms with van der Waals surface area (Å²) in [5, 5.41) is 9.86. The van der Waals surface area contributed by atoms with Crippen LogP contribution >= 0.6 is 0 Å². The molecule has 0 fully saturated rings. The molecule has 0 saturated heterocycles. The van der Waals surface area contributed by atoms with Crippen molar-refractivity contribution in [2.45, 2.75) is 11.0 Å². The van der Waals surface area contributed by atoms with Crippen LogP contribution in [0.3, 0.4) is 0 Å². The predicted molar refractivity (Wildman–Crippen MR) is 75.9 cm³/mol. The highest BCUT2D eigenvalue weighted by atomic mass is 32.2. The van der Waals surface area contributed by atoms with E-state index in [1.807, 2.05) is 0 Å². The van der Waals surface area contributed by atoms with Crippen molar-refractivity contribution in [3.63, 3.8) is 0 Å². The lowest BCUT2D eigenvalue weighted by Crippen LogP contribution is -2.37. The number of rotatable bonds is 5. The number of aliphatic hydroxyl groups excluding tert-OH is 1. The van der Waals surface area contributed by atoms with E-state index in [-0.39, 0.29) is 4.90 Å². The summed E-state index contributed by atoms with van der Waals surface area (Å²) in [6.07, 6.45) is -0.248. The number of nitrogens with one attached hydrogen (secondary N) is 2. The van der Waals surface area contributed by atoms with E-state index in [2.05, 4.69) is 14.4 Å². The van der Waals surface area contributed by atoms with Crippen molar-refractivity contribution >= 4 is 32.6 Å². The Kier molecular flexibility index (Phi) is 4.16. The van der Waals surface area contributed by atoms with Crippen LogP contribution in [0.1, 0.15) is 0 Å². The molecule has 0 aliphatic rings. The van der Waals surface area contributed by atoms with Gasteiger partial charge in [0.15, 0.2) is 6.10 Å². The van der Waals surface area contributed by atoms with Gasteiger partial charge in [-0.3, -0.25) is 0 Å². The number of nitrogen functional groups attached to an aromatic ring is 1. The third-order valence-corrected chi connectivity index (χ3v) is 4.36. The minimum absolute atomic E-state index is 0.00886. The molecule has 8 nitrogen and oxygen atoms in total. The first-order valence-corrected chi connectivity index (χ1v) is 7.45. The third-order valence-electron chi connectivity index (χ3n) is 2.90. The van der Waals surface area contributed by atoms with Gasteiger partial charge in [0.1, 0.15) is 4.90 Å². The number of fused-ring (bicyclic) bond motifs is 1. The van der Waals surface area contributed by atoms with Crippen LogP contribution in [0.25, 0.3) is 10.9 Å². The molecule has 2 rings (SSSR count). The molecular formula is C12H15N3O5S. The molecule has 0 radical (unpaired) electrons. The average Bonchev–Trinajstić information content (AvgIpc) is 2.87. The molecule has 1 heterocycles. The lowest BCUT2D eigenvalue weighted by molar-refractivity contribution is -0.149. The normalized spacial score (nSPS) is 13.2. The van der Waals surface area contributed by atoms with Crippen molar-refractivity contribution in [3.8, 4) is 0 Å². The fourth-order valence-electron chi connectivity index (χ4n) is 1.83. The van der Waals surface area contributed by atoms with Gasteiger partial charge in [0.25, 0.3) is 0 Å². The zero-order chi connectivity index (χ0) is 15.6. The van der Waals surface area contributed by atoms with Gasteiger partial charge in [-0.1, -0.05) is 0 Å². The number of carbonyl (C=O) groups is 1. The van der Waals surface area contributed by atoms with Gasteiger partial charge in [-0.15, -0.1) is 0 Å². The smallest absolute Gasteiger partial charge is 0.336 e. The van der Waals surface area contributed by atoms with Crippen LogP contribution in [0, 0.1) is 0 Å². The molecule has 0 saturated carbocycles. The number of nitrogens with two attached hydrogens (primary N) is 1. The molecule has 0 bridgehead atoms. The highest BCUT2D eigenvalue weighted by Gasteiger charge is 2.22. The number of aliphatic hydroxyl groups is 1. The third kappa shape index (κ3) is 3.15. The van der Waals surface area contributed by atoms with Crippen LogP contribution < -0.4 is 10.5 Å². The number of anilines is 1. The molecule has 5 N–H and O–H groups in total. The largest absolute Gasteiger partial charge is 0.467 e. The number of hydrogen-bond acceptors (Lipinski definition) is 6. The molecule has 114 valence electrons. The summed E-state index contributed by atoms with van der Waals surface area (Å²) in [7, 11) is -2.78. The maximum atomic E-state index is 12.2. The van der Waals surface area contributed by atoms with E-state index >= 15 is 0 Å². The van der Waals surface area contributed by atoms with E-state index in [4.69, 9.17) is 5.73 Å². The number of sulfonamides is 1. The van der Waals surface area contributed by atoms with Gasteiger partial charge in [0.2, 0.25) is 10.0 Å². The van der Waals surface area contributed by atoms with Crippen molar-refractivity contribution < 1.29 is 23.1 Å². The Hall–Kier alpha value is -2.10. The number of H-pyrrole nitrogens is 1. The Labute approximate surface area is 121 Å². The van der Waals surface area contributed by atoms with Crippen molar-refractivity contribution in [2.24, 2.45) is 0 Å². The van der Waals surface area contributed by atoms with Crippen LogP contribution in [0.15, 0.2) is 29.3 Å². The summed E-state index contributed by atoms with van der Waals surface area (Å²) < 4.78 is 30.8. The molecule has 0 amide bonds. The van der Waals surface area contributed by atoms with E-state index in [1.54, 1.807) is 18.2 Å². The summed E-state index contributed by atoms with van der Waals surface area (Å²) >= 11 is 0. The molecule has 0 aliphatic carbocycles. The number of hydrogen-bond donors (Lipinski definition) is 4. The van der Waals surface area contributed by atoms with E-state index < -0.39 is 28.6 Å². The van der Waals surface area contributed by atoms with Crippen molar-refractivity contribution in [1.29, 1.82) is 0 Å². The standard InChI is InChI=1S/C12H15N3O5S/c1-20-12(17)10(16)5-15-21(18,19)11-6-14-9-4-7(13)2-3-8(9)11/h2-4,6,10,14-16H,5,13H2,1H3. The predicted octanol–water partition coefficient (Wildman–Crippen LogP) is -0.438. The topological polar surface area (TPSA) is 135 Å². The molecule has 1 unspecified atom stereocenters. The van der Waals surface area contributed by atoms with Gasteiger partial charge in [0, 0.05) is 29.3 Å². The van der Waals surface area contributed by atoms with E-state index in [9.17, 15) is 18.3 Å². The Morgan fingerprint density at radius 1 is 1.52 bits per heavy atom. The summed E-state index contributed by atoms with van der Waals surface area (Å²) in [6.45, 7) is -0.476. The highest BCUT2D eigenvalue weighted by Crippen LogP contribution is 2.24. The molecule has 1 atom stereocenters. The number of benzene rings is 1. The lowest BCUT2D eigenvalue weighted by atomic mass is 10.2. The average molecular weight is 313 g/mol. The molecule has 2 aromatic rings. The zero-order valence-electron chi connectivity index (χ0n) is 11.2. The maximum Gasteiger partial charge on any atom is 0.336 e. The Balaban J connectivity index is 2.24. The van der Waals surface area contributed by atoms with E-state index in [0.29, 0.717) is 16.6 Å². The molecule has 0 spiro atoms. The second-order valence-electron chi connectivity index (χ2n) is 4.35. The number of ether oxygens (including phenoxy) is 1. The number of methoxy groups -OCH3 is 1. The van der Waals surface area contributed by atoms with Gasteiger partial charge < -0.3 is 20.6 Å². The second-order valence-corrected chi connectivity index (χ2v) is 6.08. The molecule has 9 heteroatoms. The summed E-state index contributed by atoms with van der Waals surface area (Å²) in [5.74, 6) is -0.913. The molecule has 21 heavy (non-hydrogen) atoms. The van der Waals surface area contributed by atoms with Gasteiger partial charge >= 0.3 is 5.97 Å². The second kappa shape index (κ2) is 5.72. The van der Waals surface area contributed by atoms with Crippen molar-refractivity contribution in [3.05, 3.63) is 24.4 Å². The molecular weight excluding hydrogens is 298 g/mol.